The van der Waals surface area contributed by atoms with E-state index in [4.69, 9.17) is 11.6 Å². The zero-order valence-corrected chi connectivity index (χ0v) is 19.6. The fraction of sp³-hybridized carbons (Fsp3) is 0.250. The largest absolute Gasteiger partial charge is 0.326 e. The van der Waals surface area contributed by atoms with Gasteiger partial charge in [0.1, 0.15) is 0 Å². The molecule has 0 fully saturated rings. The van der Waals surface area contributed by atoms with E-state index in [1.54, 1.807) is 0 Å². The number of rotatable bonds is 10. The van der Waals surface area contributed by atoms with Crippen molar-refractivity contribution >= 4 is 33.8 Å². The summed E-state index contributed by atoms with van der Waals surface area (Å²) in [6.07, 6.45) is 1.38. The highest BCUT2D eigenvalue weighted by molar-refractivity contribution is 6.53. The van der Waals surface area contributed by atoms with Crippen molar-refractivity contribution in [2.75, 3.05) is 25.0 Å². The van der Waals surface area contributed by atoms with Gasteiger partial charge in [-0.3, -0.25) is 4.79 Å². The number of hydrogen-bond donors (Lipinski definition) is 1. The molecule has 0 bridgehead atoms. The van der Waals surface area contributed by atoms with Crippen molar-refractivity contribution in [3.8, 4) is 0 Å². The number of carbonyl (C=O) groups is 1. The molecule has 0 atom stereocenters. The molecule has 3 aromatic rings. The molecule has 0 radical (unpaired) electrons. The molecule has 0 unspecified atom stereocenters. The highest BCUT2D eigenvalue weighted by atomic mass is 35.5. The van der Waals surface area contributed by atoms with Crippen molar-refractivity contribution in [1.29, 1.82) is 0 Å². The minimum atomic E-state index is 0.0473. The Kier molecular flexibility index (Phi) is 9.09. The molecule has 0 aromatic heterocycles. The van der Waals surface area contributed by atoms with E-state index in [2.05, 4.69) is 36.2 Å². The molecule has 166 valence electrons. The Morgan fingerprint density at radius 1 is 0.781 bits per heavy atom. The van der Waals surface area contributed by atoms with Gasteiger partial charge in [-0.25, -0.2) is 0 Å². The molecule has 3 rings (SSSR count). The smallest absolute Gasteiger partial charge is 0.224 e. The summed E-state index contributed by atoms with van der Waals surface area (Å²) in [5, 5.41) is 3.71. The third-order valence-corrected chi connectivity index (χ3v) is 5.95. The van der Waals surface area contributed by atoms with Crippen LogP contribution in [0.25, 0.3) is 10.6 Å². The maximum atomic E-state index is 12.3. The van der Waals surface area contributed by atoms with Crippen LogP contribution in [-0.2, 0) is 4.79 Å². The summed E-state index contributed by atoms with van der Waals surface area (Å²) in [5.41, 5.74) is 4.79. The maximum absolute atomic E-state index is 12.3. The zero-order valence-electron chi connectivity index (χ0n) is 18.9. The van der Waals surface area contributed by atoms with Crippen LogP contribution in [0.1, 0.15) is 43.4 Å². The van der Waals surface area contributed by atoms with Crippen LogP contribution in [0.3, 0.4) is 0 Å². The first-order valence-electron chi connectivity index (χ1n) is 11.3. The lowest BCUT2D eigenvalue weighted by atomic mass is 9.95. The quantitative estimate of drug-likeness (QED) is 0.343. The minimum Gasteiger partial charge on any atom is -0.326 e. The van der Waals surface area contributed by atoms with E-state index in [1.165, 1.54) is 0 Å². The summed E-state index contributed by atoms with van der Waals surface area (Å²) in [7, 11) is 0. The lowest BCUT2D eigenvalue weighted by Crippen LogP contribution is -2.25. The van der Waals surface area contributed by atoms with Crippen LogP contribution < -0.4 is 5.32 Å². The molecule has 4 heteroatoms. The molecule has 0 saturated carbocycles. The molecule has 3 aromatic carbocycles. The normalized spacial score (nSPS) is 11.9. The number of amides is 1. The molecular formula is C28H31ClN2O. The van der Waals surface area contributed by atoms with Gasteiger partial charge in [0, 0.05) is 17.7 Å². The summed E-state index contributed by atoms with van der Waals surface area (Å²) in [6, 6.07) is 28.0. The molecule has 0 spiro atoms. The van der Waals surface area contributed by atoms with Gasteiger partial charge in [0.15, 0.2) is 0 Å². The fourth-order valence-electron chi connectivity index (χ4n) is 3.70. The Balaban J connectivity index is 1.76. The second-order valence-corrected chi connectivity index (χ2v) is 8.05. The molecule has 0 heterocycles. The summed E-state index contributed by atoms with van der Waals surface area (Å²) < 4.78 is 0. The number of carbonyl (C=O) groups excluding carboxylic acids is 1. The minimum absolute atomic E-state index is 0.0473. The van der Waals surface area contributed by atoms with E-state index >= 15 is 0 Å². The summed E-state index contributed by atoms with van der Waals surface area (Å²) in [4.78, 5) is 14.7. The van der Waals surface area contributed by atoms with E-state index in [0.717, 1.165) is 54.0 Å². The van der Waals surface area contributed by atoms with Crippen LogP contribution in [-0.4, -0.2) is 30.4 Å². The van der Waals surface area contributed by atoms with Crippen molar-refractivity contribution in [2.45, 2.75) is 26.7 Å². The van der Waals surface area contributed by atoms with E-state index in [-0.39, 0.29) is 5.91 Å². The molecule has 0 aliphatic heterocycles. The summed E-state index contributed by atoms with van der Waals surface area (Å²) in [6.45, 7) is 7.27. The Labute approximate surface area is 196 Å². The van der Waals surface area contributed by atoms with Gasteiger partial charge in [0.2, 0.25) is 5.91 Å². The van der Waals surface area contributed by atoms with Crippen molar-refractivity contribution in [3.05, 3.63) is 102 Å². The third kappa shape index (κ3) is 6.56. The van der Waals surface area contributed by atoms with Gasteiger partial charge in [-0.1, -0.05) is 98.2 Å². The van der Waals surface area contributed by atoms with Crippen LogP contribution in [0, 0.1) is 0 Å². The first-order chi connectivity index (χ1) is 15.6. The third-order valence-electron chi connectivity index (χ3n) is 5.54. The highest BCUT2D eigenvalue weighted by Crippen LogP contribution is 2.35. The van der Waals surface area contributed by atoms with Crippen molar-refractivity contribution in [2.24, 2.45) is 0 Å². The monoisotopic (exact) mass is 446 g/mol. The fourth-order valence-corrected chi connectivity index (χ4v) is 4.04. The predicted molar refractivity (Wildman–Crippen MR) is 137 cm³/mol. The summed E-state index contributed by atoms with van der Waals surface area (Å²) in [5.74, 6) is 0.0473. The summed E-state index contributed by atoms with van der Waals surface area (Å²) >= 11 is 6.88. The average molecular weight is 447 g/mol. The molecular weight excluding hydrogens is 416 g/mol. The number of benzene rings is 3. The Morgan fingerprint density at radius 2 is 1.31 bits per heavy atom. The molecule has 0 saturated heterocycles. The maximum Gasteiger partial charge on any atom is 0.224 e. The van der Waals surface area contributed by atoms with E-state index in [1.807, 2.05) is 72.8 Å². The average Bonchev–Trinajstić information content (AvgIpc) is 2.84. The molecule has 0 aliphatic carbocycles. The van der Waals surface area contributed by atoms with Crippen molar-refractivity contribution < 1.29 is 4.79 Å². The van der Waals surface area contributed by atoms with Crippen LogP contribution in [0.2, 0.25) is 0 Å². The highest BCUT2D eigenvalue weighted by Gasteiger charge is 2.13. The number of nitrogens with one attached hydrogen (secondary N) is 1. The lowest BCUT2D eigenvalue weighted by Gasteiger charge is -2.17. The molecule has 3 nitrogen and oxygen atoms in total. The van der Waals surface area contributed by atoms with Crippen LogP contribution >= 0.6 is 11.6 Å². The van der Waals surface area contributed by atoms with Crippen LogP contribution in [0.15, 0.2) is 84.9 Å². The standard InChI is InChI=1S/C28H31ClN2O/c1-3-31(4-2)21-11-16-26(32)30-25-19-17-23(18-20-25)27(22-12-7-5-8-13-22)28(29)24-14-9-6-10-15-24/h5-10,12-15,17-20H,3-4,11,16,21H2,1-2H3,(H,30,32)/b28-27+. The van der Waals surface area contributed by atoms with Gasteiger partial charge in [0.05, 0.1) is 5.03 Å². The van der Waals surface area contributed by atoms with Gasteiger partial charge >= 0.3 is 0 Å². The first kappa shape index (κ1) is 23.8. The zero-order chi connectivity index (χ0) is 22.8. The van der Waals surface area contributed by atoms with E-state index in [9.17, 15) is 4.79 Å². The molecule has 1 N–H and O–H groups in total. The number of hydrogen-bond acceptors (Lipinski definition) is 2. The van der Waals surface area contributed by atoms with Crippen LogP contribution in [0.4, 0.5) is 5.69 Å². The van der Waals surface area contributed by atoms with E-state index < -0.39 is 0 Å². The van der Waals surface area contributed by atoms with E-state index in [0.29, 0.717) is 11.5 Å². The Bertz CT molecular complexity index is 1010. The Morgan fingerprint density at radius 3 is 1.88 bits per heavy atom. The second kappa shape index (κ2) is 12.2. The number of anilines is 1. The van der Waals surface area contributed by atoms with Crippen molar-refractivity contribution in [1.82, 2.24) is 4.90 Å². The lowest BCUT2D eigenvalue weighted by molar-refractivity contribution is -0.116. The molecule has 0 aliphatic rings. The molecule has 32 heavy (non-hydrogen) atoms. The SMILES string of the molecule is CCN(CC)CCCC(=O)Nc1ccc(/C(=C(/Cl)c2ccccc2)c2ccccc2)cc1. The van der Waals surface area contributed by atoms with Crippen LogP contribution in [0.5, 0.6) is 0 Å². The molecule has 1 amide bonds. The van der Waals surface area contributed by atoms with Gasteiger partial charge in [-0.2, -0.15) is 0 Å². The first-order valence-corrected chi connectivity index (χ1v) is 11.6. The number of halogens is 1. The van der Waals surface area contributed by atoms with Gasteiger partial charge < -0.3 is 10.2 Å². The van der Waals surface area contributed by atoms with Gasteiger partial charge in [-0.05, 0) is 54.9 Å². The van der Waals surface area contributed by atoms with Gasteiger partial charge in [0.25, 0.3) is 0 Å². The Hall–Kier alpha value is -2.88. The van der Waals surface area contributed by atoms with Gasteiger partial charge in [-0.15, -0.1) is 0 Å². The predicted octanol–water partition coefficient (Wildman–Crippen LogP) is 6.90. The number of nitrogens with zero attached hydrogens (tertiary/aromatic N) is 1. The second-order valence-electron chi connectivity index (χ2n) is 7.68. The van der Waals surface area contributed by atoms with Crippen molar-refractivity contribution in [3.63, 3.8) is 0 Å². The topological polar surface area (TPSA) is 32.3 Å².